The first-order valence-corrected chi connectivity index (χ1v) is 6.70. The lowest BCUT2D eigenvalue weighted by Gasteiger charge is -2.23. The number of aryl methyl sites for hydroxylation is 1. The third kappa shape index (κ3) is 3.07. The number of hydrogen-bond acceptors (Lipinski definition) is 5. The molecule has 20 heavy (non-hydrogen) atoms. The second-order valence-corrected chi connectivity index (χ2v) is 4.86. The van der Waals surface area contributed by atoms with Crippen LogP contribution in [0.5, 0.6) is 0 Å². The molecule has 0 spiro atoms. The first-order valence-electron chi connectivity index (χ1n) is 6.70. The monoisotopic (exact) mass is 278 g/mol. The molecule has 1 aliphatic rings. The number of ether oxygens (including phenoxy) is 1. The van der Waals surface area contributed by atoms with Crippen molar-refractivity contribution in [2.45, 2.75) is 32.7 Å². The van der Waals surface area contributed by atoms with Crippen LogP contribution in [0, 0.1) is 17.0 Å². The predicted molar refractivity (Wildman–Crippen MR) is 74.8 cm³/mol. The molecular weight excluding hydrogens is 260 g/mol. The van der Waals surface area contributed by atoms with Crippen molar-refractivity contribution in [3.8, 4) is 0 Å². The molecule has 6 nitrogen and oxygen atoms in total. The maximum atomic E-state index is 11.7. The summed E-state index contributed by atoms with van der Waals surface area (Å²) in [5.41, 5.74) is 1.18. The van der Waals surface area contributed by atoms with Crippen molar-refractivity contribution in [1.29, 1.82) is 0 Å². The Bertz CT molecular complexity index is 526. The zero-order chi connectivity index (χ0) is 14.7. The minimum Gasteiger partial charge on any atom is -0.465 e. The number of nitro benzene ring substituents is 1. The summed E-state index contributed by atoms with van der Waals surface area (Å²) in [5.74, 6) is -0.352. The Labute approximate surface area is 117 Å². The highest BCUT2D eigenvalue weighted by atomic mass is 16.6. The molecule has 6 heteroatoms. The number of nitrogens with zero attached hydrogens (tertiary/aromatic N) is 2. The molecule has 1 aliphatic carbocycles. The van der Waals surface area contributed by atoms with Gasteiger partial charge in [0.15, 0.2) is 0 Å². The number of carbonyl (C=O) groups is 1. The van der Waals surface area contributed by atoms with Gasteiger partial charge in [0.05, 0.1) is 11.5 Å². The minimum atomic E-state index is -0.384. The zero-order valence-corrected chi connectivity index (χ0v) is 11.7. The molecule has 108 valence electrons. The van der Waals surface area contributed by atoms with E-state index < -0.39 is 0 Å². The lowest BCUT2D eigenvalue weighted by molar-refractivity contribution is -0.384. The van der Waals surface area contributed by atoms with Gasteiger partial charge in [-0.05, 0) is 32.8 Å². The quantitative estimate of drug-likeness (QED) is 0.454. The molecule has 1 aromatic rings. The predicted octanol–water partition coefficient (Wildman–Crippen LogP) is 2.44. The van der Waals surface area contributed by atoms with E-state index in [1.807, 2.05) is 0 Å². The van der Waals surface area contributed by atoms with Crippen LogP contribution in [0.1, 0.15) is 25.3 Å². The molecule has 0 atom stereocenters. The summed E-state index contributed by atoms with van der Waals surface area (Å²) in [5, 5.41) is 11.3. The van der Waals surface area contributed by atoms with Crippen molar-refractivity contribution < 1.29 is 14.5 Å². The molecular formula is C14H18N2O4. The standard InChI is InChI=1S/C14H18N2O4/c1-3-20-13(17)9-15(11-7-8-11)12-6-4-5-10(2)14(12)16(18)19/h4-6,11H,3,7-9H2,1-2H3. The molecule has 2 rings (SSSR count). The molecule has 1 fully saturated rings. The van der Waals surface area contributed by atoms with Crippen LogP contribution in [0.3, 0.4) is 0 Å². The van der Waals surface area contributed by atoms with E-state index in [4.69, 9.17) is 4.74 Å². The number of rotatable bonds is 6. The Kier molecular flexibility index (Phi) is 4.22. The Morgan fingerprint density at radius 3 is 2.75 bits per heavy atom. The summed E-state index contributed by atoms with van der Waals surface area (Å²) in [6.07, 6.45) is 1.90. The minimum absolute atomic E-state index is 0.0583. The normalized spacial score (nSPS) is 13.9. The zero-order valence-electron chi connectivity index (χ0n) is 11.7. The number of carbonyl (C=O) groups excluding carboxylic acids is 1. The Morgan fingerprint density at radius 1 is 1.50 bits per heavy atom. The number of anilines is 1. The van der Waals surface area contributed by atoms with Crippen LogP contribution in [-0.2, 0) is 9.53 Å². The van der Waals surface area contributed by atoms with Crippen molar-refractivity contribution in [3.05, 3.63) is 33.9 Å². The van der Waals surface area contributed by atoms with Crippen LogP contribution < -0.4 is 4.90 Å². The molecule has 0 N–H and O–H groups in total. The number of hydrogen-bond donors (Lipinski definition) is 0. The van der Waals surface area contributed by atoms with Crippen molar-refractivity contribution in [1.82, 2.24) is 0 Å². The van der Waals surface area contributed by atoms with E-state index in [1.54, 1.807) is 36.9 Å². The largest absolute Gasteiger partial charge is 0.465 e. The summed E-state index contributed by atoms with van der Waals surface area (Å²) in [6, 6.07) is 5.37. The first kappa shape index (κ1) is 14.3. The van der Waals surface area contributed by atoms with Crippen LogP contribution in [0.15, 0.2) is 18.2 Å². The molecule has 0 bridgehead atoms. The van der Waals surface area contributed by atoms with E-state index in [0.29, 0.717) is 17.9 Å². The van der Waals surface area contributed by atoms with Gasteiger partial charge in [0.2, 0.25) is 0 Å². The highest BCUT2D eigenvalue weighted by Gasteiger charge is 2.35. The van der Waals surface area contributed by atoms with Gasteiger partial charge in [-0.3, -0.25) is 14.9 Å². The second-order valence-electron chi connectivity index (χ2n) is 4.86. The number of nitro groups is 1. The van der Waals surface area contributed by atoms with Gasteiger partial charge in [0.25, 0.3) is 5.69 Å². The average molecular weight is 278 g/mol. The topological polar surface area (TPSA) is 72.7 Å². The average Bonchev–Trinajstić information content (AvgIpc) is 3.19. The van der Waals surface area contributed by atoms with Crippen molar-refractivity contribution in [3.63, 3.8) is 0 Å². The fourth-order valence-corrected chi connectivity index (χ4v) is 2.26. The summed E-state index contributed by atoms with van der Waals surface area (Å²) in [6.45, 7) is 3.82. The van der Waals surface area contributed by atoms with Crippen molar-refractivity contribution in [2.75, 3.05) is 18.1 Å². The van der Waals surface area contributed by atoms with Gasteiger partial charge in [-0.25, -0.2) is 0 Å². The van der Waals surface area contributed by atoms with Crippen molar-refractivity contribution >= 4 is 17.3 Å². The summed E-state index contributed by atoms with van der Waals surface area (Å²) >= 11 is 0. The van der Waals surface area contributed by atoms with Gasteiger partial charge in [-0.15, -0.1) is 0 Å². The van der Waals surface area contributed by atoms with Crippen LogP contribution in [0.2, 0.25) is 0 Å². The van der Waals surface area contributed by atoms with E-state index in [-0.39, 0.29) is 29.2 Å². The maximum absolute atomic E-state index is 11.7. The lowest BCUT2D eigenvalue weighted by atomic mass is 10.1. The number of para-hydroxylation sites is 1. The first-order chi connectivity index (χ1) is 9.54. The summed E-state index contributed by atoms with van der Waals surface area (Å²) < 4.78 is 4.95. The summed E-state index contributed by atoms with van der Waals surface area (Å²) in [4.78, 5) is 24.4. The van der Waals surface area contributed by atoms with Crippen LogP contribution in [-0.4, -0.2) is 30.1 Å². The Morgan fingerprint density at radius 2 is 2.20 bits per heavy atom. The smallest absolute Gasteiger partial charge is 0.325 e. The second kappa shape index (κ2) is 5.90. The van der Waals surface area contributed by atoms with E-state index in [9.17, 15) is 14.9 Å². The fraction of sp³-hybridized carbons (Fsp3) is 0.500. The van der Waals surface area contributed by atoms with E-state index in [2.05, 4.69) is 0 Å². The van der Waals surface area contributed by atoms with E-state index in [0.717, 1.165) is 12.8 Å². The summed E-state index contributed by atoms with van der Waals surface area (Å²) in [7, 11) is 0. The molecule has 0 amide bonds. The third-order valence-corrected chi connectivity index (χ3v) is 3.30. The van der Waals surface area contributed by atoms with Gasteiger partial charge >= 0.3 is 5.97 Å². The highest BCUT2D eigenvalue weighted by molar-refractivity contribution is 5.79. The molecule has 1 saturated carbocycles. The van der Waals surface area contributed by atoms with Gasteiger partial charge in [-0.1, -0.05) is 12.1 Å². The lowest BCUT2D eigenvalue weighted by Crippen LogP contribution is -2.33. The fourth-order valence-electron chi connectivity index (χ4n) is 2.26. The molecule has 0 unspecified atom stereocenters. The number of benzene rings is 1. The SMILES string of the molecule is CCOC(=O)CN(c1cccc(C)c1[N+](=O)[O-])C1CC1. The molecule has 1 aromatic carbocycles. The van der Waals surface area contributed by atoms with Gasteiger partial charge < -0.3 is 9.64 Å². The third-order valence-electron chi connectivity index (χ3n) is 3.30. The van der Waals surface area contributed by atoms with E-state index in [1.165, 1.54) is 0 Å². The molecule has 0 aromatic heterocycles. The van der Waals surface area contributed by atoms with Gasteiger partial charge in [0, 0.05) is 11.6 Å². The van der Waals surface area contributed by atoms with Crippen LogP contribution in [0.4, 0.5) is 11.4 Å². The molecule has 0 saturated heterocycles. The van der Waals surface area contributed by atoms with Crippen LogP contribution >= 0.6 is 0 Å². The van der Waals surface area contributed by atoms with E-state index >= 15 is 0 Å². The van der Waals surface area contributed by atoms with Gasteiger partial charge in [0.1, 0.15) is 12.2 Å². The highest BCUT2D eigenvalue weighted by Crippen LogP contribution is 2.38. The maximum Gasteiger partial charge on any atom is 0.325 e. The molecule has 0 radical (unpaired) electrons. The molecule has 0 heterocycles. The van der Waals surface area contributed by atoms with Crippen LogP contribution in [0.25, 0.3) is 0 Å². The van der Waals surface area contributed by atoms with Gasteiger partial charge in [-0.2, -0.15) is 0 Å². The van der Waals surface area contributed by atoms with Crippen molar-refractivity contribution in [2.24, 2.45) is 0 Å². The number of esters is 1. The Hall–Kier alpha value is -2.11. The molecule has 0 aliphatic heterocycles. The Balaban J connectivity index is 2.32.